The van der Waals surface area contributed by atoms with Crippen LogP contribution in [-0.4, -0.2) is 29.4 Å². The Morgan fingerprint density at radius 3 is 2.59 bits per heavy atom. The second-order valence-corrected chi connectivity index (χ2v) is 5.90. The molecule has 1 aliphatic rings. The zero-order valence-corrected chi connectivity index (χ0v) is 13.5. The molecule has 0 unspecified atom stereocenters. The number of amides is 1. The van der Waals surface area contributed by atoms with Gasteiger partial charge in [0.1, 0.15) is 0 Å². The summed E-state index contributed by atoms with van der Waals surface area (Å²) in [7, 11) is 0. The first kappa shape index (κ1) is 16.5. The minimum absolute atomic E-state index is 0.0737. The van der Waals surface area contributed by atoms with Gasteiger partial charge in [0.05, 0.1) is 13.0 Å². The first-order valence-corrected chi connectivity index (χ1v) is 8.08. The molecule has 120 valence electrons. The third kappa shape index (κ3) is 4.33. The lowest BCUT2D eigenvalue weighted by atomic mass is 9.97. The van der Waals surface area contributed by atoms with Crippen LogP contribution in [-0.2, 0) is 20.9 Å². The summed E-state index contributed by atoms with van der Waals surface area (Å²) in [6.07, 6.45) is 3.43. The fourth-order valence-electron chi connectivity index (χ4n) is 3.34. The number of rotatable bonds is 6. The zero-order valence-electron chi connectivity index (χ0n) is 13.5. The Labute approximate surface area is 132 Å². The van der Waals surface area contributed by atoms with Gasteiger partial charge in [-0.1, -0.05) is 36.8 Å². The highest BCUT2D eigenvalue weighted by atomic mass is 16.5. The number of benzene rings is 1. The first-order chi connectivity index (χ1) is 10.6. The summed E-state index contributed by atoms with van der Waals surface area (Å²) in [6, 6.07) is 10.1. The number of hydrogen-bond acceptors (Lipinski definition) is 3. The van der Waals surface area contributed by atoms with E-state index in [0.717, 1.165) is 24.8 Å². The molecule has 0 bridgehead atoms. The maximum atomic E-state index is 12.1. The van der Waals surface area contributed by atoms with Crippen LogP contribution < -0.4 is 0 Å². The van der Waals surface area contributed by atoms with Gasteiger partial charge in [0, 0.05) is 19.5 Å². The van der Waals surface area contributed by atoms with E-state index in [-0.39, 0.29) is 23.8 Å². The molecule has 22 heavy (non-hydrogen) atoms. The van der Waals surface area contributed by atoms with E-state index in [0.29, 0.717) is 19.6 Å². The average Bonchev–Trinajstić information content (AvgIpc) is 2.93. The summed E-state index contributed by atoms with van der Waals surface area (Å²) < 4.78 is 5.07. The smallest absolute Gasteiger partial charge is 0.306 e. The number of ether oxygens (including phenoxy) is 1. The molecular formula is C18H25NO3. The quantitative estimate of drug-likeness (QED) is 0.758. The van der Waals surface area contributed by atoms with Gasteiger partial charge in [-0.2, -0.15) is 0 Å². The summed E-state index contributed by atoms with van der Waals surface area (Å²) >= 11 is 0. The van der Waals surface area contributed by atoms with Crippen molar-refractivity contribution in [2.75, 3.05) is 6.61 Å². The van der Waals surface area contributed by atoms with Crippen molar-refractivity contribution in [3.05, 3.63) is 35.9 Å². The standard InChI is InChI=1S/C18H25NO3/c1-3-22-18(21)12-16-10-7-11-17(16)19(14(2)20)13-15-8-5-4-6-9-15/h4-6,8-9,16-17H,3,7,10-13H2,1-2H3/t16-,17-/m1/s1. The molecule has 1 amide bonds. The van der Waals surface area contributed by atoms with E-state index in [2.05, 4.69) is 0 Å². The molecule has 4 nitrogen and oxygen atoms in total. The summed E-state index contributed by atoms with van der Waals surface area (Å²) in [5.41, 5.74) is 1.12. The molecule has 1 fully saturated rings. The highest BCUT2D eigenvalue weighted by Gasteiger charge is 2.35. The summed E-state index contributed by atoms with van der Waals surface area (Å²) in [5.74, 6) is 0.138. The molecule has 2 atom stereocenters. The van der Waals surface area contributed by atoms with Crippen molar-refractivity contribution in [3.8, 4) is 0 Å². The van der Waals surface area contributed by atoms with Gasteiger partial charge in [0.2, 0.25) is 5.91 Å². The van der Waals surface area contributed by atoms with Crippen LogP contribution in [0.1, 0.15) is 45.1 Å². The lowest BCUT2D eigenvalue weighted by Gasteiger charge is -2.32. The molecule has 1 saturated carbocycles. The molecule has 1 aromatic rings. The molecular weight excluding hydrogens is 278 g/mol. The average molecular weight is 303 g/mol. The van der Waals surface area contributed by atoms with Gasteiger partial charge < -0.3 is 9.64 Å². The summed E-state index contributed by atoms with van der Waals surface area (Å²) in [4.78, 5) is 25.8. The molecule has 0 saturated heterocycles. The third-order valence-electron chi connectivity index (χ3n) is 4.35. The van der Waals surface area contributed by atoms with E-state index in [9.17, 15) is 9.59 Å². The Morgan fingerprint density at radius 1 is 1.23 bits per heavy atom. The largest absolute Gasteiger partial charge is 0.466 e. The highest BCUT2D eigenvalue weighted by molar-refractivity contribution is 5.74. The van der Waals surface area contributed by atoms with E-state index in [1.807, 2.05) is 42.2 Å². The Hall–Kier alpha value is -1.84. The Bertz CT molecular complexity index is 500. The monoisotopic (exact) mass is 303 g/mol. The number of carbonyl (C=O) groups is 2. The molecule has 0 aromatic heterocycles. The van der Waals surface area contributed by atoms with Crippen LogP contribution in [0.3, 0.4) is 0 Å². The van der Waals surface area contributed by atoms with Gasteiger partial charge in [-0.3, -0.25) is 9.59 Å². The number of carbonyl (C=O) groups excluding carboxylic acids is 2. The minimum atomic E-state index is -0.150. The number of nitrogens with zero attached hydrogens (tertiary/aromatic N) is 1. The molecule has 0 aliphatic heterocycles. The molecule has 2 rings (SSSR count). The van der Waals surface area contributed by atoms with E-state index < -0.39 is 0 Å². The zero-order chi connectivity index (χ0) is 15.9. The van der Waals surface area contributed by atoms with E-state index in [1.165, 1.54) is 0 Å². The predicted molar refractivity (Wildman–Crippen MR) is 85.0 cm³/mol. The van der Waals surface area contributed by atoms with Gasteiger partial charge >= 0.3 is 5.97 Å². The van der Waals surface area contributed by atoms with Crippen LogP contribution in [0.25, 0.3) is 0 Å². The summed E-state index contributed by atoms with van der Waals surface area (Å²) in [6.45, 7) is 4.46. The van der Waals surface area contributed by atoms with Gasteiger partial charge in [0.15, 0.2) is 0 Å². The first-order valence-electron chi connectivity index (χ1n) is 8.08. The summed E-state index contributed by atoms with van der Waals surface area (Å²) in [5, 5.41) is 0. The molecule has 0 spiro atoms. The van der Waals surface area contributed by atoms with E-state index in [1.54, 1.807) is 6.92 Å². The van der Waals surface area contributed by atoms with Gasteiger partial charge in [-0.25, -0.2) is 0 Å². The van der Waals surface area contributed by atoms with Crippen LogP contribution >= 0.6 is 0 Å². The fraction of sp³-hybridized carbons (Fsp3) is 0.556. The second-order valence-electron chi connectivity index (χ2n) is 5.90. The number of esters is 1. The van der Waals surface area contributed by atoms with Crippen LogP contribution in [0, 0.1) is 5.92 Å². The topological polar surface area (TPSA) is 46.6 Å². The van der Waals surface area contributed by atoms with Crippen LogP contribution in [0.2, 0.25) is 0 Å². The highest BCUT2D eigenvalue weighted by Crippen LogP contribution is 2.33. The van der Waals surface area contributed by atoms with Crippen molar-refractivity contribution in [1.82, 2.24) is 4.90 Å². The van der Waals surface area contributed by atoms with Crippen LogP contribution in [0.5, 0.6) is 0 Å². The maximum absolute atomic E-state index is 12.1. The molecule has 1 aliphatic carbocycles. The maximum Gasteiger partial charge on any atom is 0.306 e. The van der Waals surface area contributed by atoms with Crippen LogP contribution in [0.4, 0.5) is 0 Å². The van der Waals surface area contributed by atoms with Crippen molar-refractivity contribution in [2.24, 2.45) is 5.92 Å². The molecule has 1 aromatic carbocycles. The lowest BCUT2D eigenvalue weighted by molar-refractivity contribution is -0.145. The van der Waals surface area contributed by atoms with Crippen molar-refractivity contribution >= 4 is 11.9 Å². The van der Waals surface area contributed by atoms with Gasteiger partial charge in [-0.15, -0.1) is 0 Å². The van der Waals surface area contributed by atoms with Crippen molar-refractivity contribution in [2.45, 2.75) is 52.1 Å². The van der Waals surface area contributed by atoms with Crippen molar-refractivity contribution in [3.63, 3.8) is 0 Å². The van der Waals surface area contributed by atoms with E-state index >= 15 is 0 Å². The van der Waals surface area contributed by atoms with Gasteiger partial charge in [-0.05, 0) is 31.2 Å². The molecule has 0 radical (unpaired) electrons. The fourth-order valence-corrected chi connectivity index (χ4v) is 3.34. The molecule has 0 heterocycles. The minimum Gasteiger partial charge on any atom is -0.466 e. The Kier molecular flexibility index (Phi) is 5.99. The third-order valence-corrected chi connectivity index (χ3v) is 4.35. The predicted octanol–water partition coefficient (Wildman–Crippen LogP) is 3.16. The van der Waals surface area contributed by atoms with Crippen LogP contribution in [0.15, 0.2) is 30.3 Å². The van der Waals surface area contributed by atoms with E-state index in [4.69, 9.17) is 4.74 Å². The Balaban J connectivity index is 2.06. The van der Waals surface area contributed by atoms with Crippen molar-refractivity contribution < 1.29 is 14.3 Å². The second kappa shape index (κ2) is 7.97. The molecule has 0 N–H and O–H groups in total. The lowest BCUT2D eigenvalue weighted by Crippen LogP contribution is -2.41. The number of hydrogen-bond donors (Lipinski definition) is 0. The normalized spacial score (nSPS) is 20.6. The SMILES string of the molecule is CCOC(=O)C[C@H]1CCC[C@H]1N(Cc1ccccc1)C(C)=O. The van der Waals surface area contributed by atoms with Crippen molar-refractivity contribution in [1.29, 1.82) is 0 Å². The Morgan fingerprint density at radius 2 is 1.95 bits per heavy atom. The molecule has 4 heteroatoms. The van der Waals surface area contributed by atoms with Gasteiger partial charge in [0.25, 0.3) is 0 Å².